The second-order valence-corrected chi connectivity index (χ2v) is 3.19. The molecule has 1 nitrogen and oxygen atoms in total. The lowest BCUT2D eigenvalue weighted by molar-refractivity contribution is 0.281. The molecule has 0 aliphatic rings. The highest BCUT2D eigenvalue weighted by Crippen LogP contribution is 2.09. The van der Waals surface area contributed by atoms with Gasteiger partial charge in [0.15, 0.2) is 0 Å². The number of aliphatic hydroxyl groups excluding tert-OH is 1. The van der Waals surface area contributed by atoms with Crippen molar-refractivity contribution in [2.45, 2.75) is 13.0 Å². The van der Waals surface area contributed by atoms with Crippen molar-refractivity contribution in [2.24, 2.45) is 0 Å². The number of hydrogen-bond acceptors (Lipinski definition) is 2. The summed E-state index contributed by atoms with van der Waals surface area (Å²) in [5.41, 5.74) is 0.922. The van der Waals surface area contributed by atoms with E-state index >= 15 is 0 Å². The van der Waals surface area contributed by atoms with Gasteiger partial charge in [-0.25, -0.2) is 4.39 Å². The van der Waals surface area contributed by atoms with Crippen molar-refractivity contribution in [3.05, 3.63) is 35.1 Å². The Labute approximate surface area is 88.4 Å². The molecule has 1 aromatic rings. The Kier molecular flexibility index (Phi) is 4.51. The number of hydrogen-bond donors (Lipinski definition) is 2. The Hall–Kier alpha value is -0.980. The summed E-state index contributed by atoms with van der Waals surface area (Å²) < 4.78 is 13.2. The van der Waals surface area contributed by atoms with Crippen LogP contribution in [0.2, 0.25) is 0 Å². The van der Waals surface area contributed by atoms with Crippen molar-refractivity contribution < 1.29 is 9.50 Å². The van der Waals surface area contributed by atoms with Gasteiger partial charge >= 0.3 is 0 Å². The molecule has 0 unspecified atom stereocenters. The van der Waals surface area contributed by atoms with Crippen molar-refractivity contribution in [1.29, 1.82) is 0 Å². The van der Waals surface area contributed by atoms with Gasteiger partial charge in [0, 0.05) is 12.2 Å². The molecule has 1 rings (SSSR count). The highest BCUT2D eigenvalue weighted by molar-refractivity contribution is 7.80. The summed E-state index contributed by atoms with van der Waals surface area (Å²) in [6.07, 6.45) is 0.643. The number of benzene rings is 1. The average Bonchev–Trinajstić information content (AvgIpc) is 2.20. The topological polar surface area (TPSA) is 20.2 Å². The van der Waals surface area contributed by atoms with Crippen LogP contribution in [0.5, 0.6) is 0 Å². The van der Waals surface area contributed by atoms with Gasteiger partial charge in [0.05, 0.1) is 12.2 Å². The highest BCUT2D eigenvalue weighted by atomic mass is 32.1. The monoisotopic (exact) mass is 210 g/mol. The van der Waals surface area contributed by atoms with Crippen LogP contribution in [-0.4, -0.2) is 10.9 Å². The summed E-state index contributed by atoms with van der Waals surface area (Å²) >= 11 is 4.00. The van der Waals surface area contributed by atoms with Gasteiger partial charge in [0.25, 0.3) is 0 Å². The predicted octanol–water partition coefficient (Wildman–Crippen LogP) is 1.99. The average molecular weight is 210 g/mol. The number of rotatable bonds is 2. The van der Waals surface area contributed by atoms with E-state index in [4.69, 9.17) is 5.11 Å². The summed E-state index contributed by atoms with van der Waals surface area (Å²) in [5, 5.41) is 8.75. The maximum atomic E-state index is 13.2. The minimum atomic E-state index is -0.386. The van der Waals surface area contributed by atoms with Crippen LogP contribution >= 0.6 is 12.6 Å². The second kappa shape index (κ2) is 5.69. The first-order chi connectivity index (χ1) is 6.77. The molecular weight excluding hydrogens is 199 g/mol. The van der Waals surface area contributed by atoms with E-state index in [9.17, 15) is 4.39 Å². The van der Waals surface area contributed by atoms with E-state index in [-0.39, 0.29) is 12.4 Å². The molecule has 3 heteroatoms. The van der Waals surface area contributed by atoms with Gasteiger partial charge in [-0.05, 0) is 17.7 Å². The van der Waals surface area contributed by atoms with Gasteiger partial charge in [-0.15, -0.1) is 0 Å². The molecule has 14 heavy (non-hydrogen) atoms. The molecule has 0 radical (unpaired) electrons. The Morgan fingerprint density at radius 1 is 1.43 bits per heavy atom. The third-order valence-corrected chi connectivity index (χ3v) is 1.90. The van der Waals surface area contributed by atoms with Gasteiger partial charge in [-0.3, -0.25) is 0 Å². The van der Waals surface area contributed by atoms with Crippen molar-refractivity contribution in [2.75, 3.05) is 5.75 Å². The number of aliphatic hydroxyl groups is 1. The third-order valence-electron chi connectivity index (χ3n) is 1.68. The Bertz CT molecular complexity index is 365. The first-order valence-electron chi connectivity index (χ1n) is 4.27. The minimum Gasteiger partial charge on any atom is -0.392 e. The first kappa shape index (κ1) is 11.1. The van der Waals surface area contributed by atoms with E-state index in [0.29, 0.717) is 23.3 Å². The van der Waals surface area contributed by atoms with E-state index < -0.39 is 0 Å². The van der Waals surface area contributed by atoms with Gasteiger partial charge in [0.2, 0.25) is 0 Å². The van der Waals surface area contributed by atoms with E-state index in [0.717, 1.165) is 0 Å². The molecule has 0 aromatic heterocycles. The SMILES string of the molecule is OCc1ccc(C#CCCS)c(F)c1. The van der Waals surface area contributed by atoms with Crippen LogP contribution in [0.15, 0.2) is 18.2 Å². The molecule has 0 heterocycles. The van der Waals surface area contributed by atoms with Crippen LogP contribution in [0.4, 0.5) is 4.39 Å². The Morgan fingerprint density at radius 2 is 2.21 bits per heavy atom. The zero-order valence-corrected chi connectivity index (χ0v) is 8.52. The quantitative estimate of drug-likeness (QED) is 0.565. The van der Waals surface area contributed by atoms with Crippen LogP contribution in [0.3, 0.4) is 0 Å². The van der Waals surface area contributed by atoms with Crippen LogP contribution in [-0.2, 0) is 6.61 Å². The molecular formula is C11H11FOS. The highest BCUT2D eigenvalue weighted by Gasteiger charge is 1.99. The lowest BCUT2D eigenvalue weighted by Gasteiger charge is -1.97. The van der Waals surface area contributed by atoms with Crippen molar-refractivity contribution in [1.82, 2.24) is 0 Å². The standard InChI is InChI=1S/C11H11FOS/c12-11-7-9(8-13)4-5-10(11)3-1-2-6-14/h4-5,7,13-14H,2,6,8H2. The van der Waals surface area contributed by atoms with Crippen molar-refractivity contribution >= 4 is 12.6 Å². The zero-order valence-electron chi connectivity index (χ0n) is 7.63. The number of halogens is 1. The van der Waals surface area contributed by atoms with Crippen LogP contribution in [0.25, 0.3) is 0 Å². The zero-order chi connectivity index (χ0) is 10.4. The normalized spacial score (nSPS) is 9.36. The van der Waals surface area contributed by atoms with E-state index in [1.165, 1.54) is 6.07 Å². The van der Waals surface area contributed by atoms with E-state index in [1.54, 1.807) is 12.1 Å². The predicted molar refractivity (Wildman–Crippen MR) is 57.7 cm³/mol. The Morgan fingerprint density at radius 3 is 2.79 bits per heavy atom. The molecule has 1 N–H and O–H groups in total. The summed E-state index contributed by atoms with van der Waals surface area (Å²) in [6, 6.07) is 4.53. The largest absolute Gasteiger partial charge is 0.392 e. The minimum absolute atomic E-state index is 0.152. The molecule has 0 fully saturated rings. The van der Waals surface area contributed by atoms with Crippen molar-refractivity contribution in [3.8, 4) is 11.8 Å². The molecule has 0 spiro atoms. The van der Waals surface area contributed by atoms with Gasteiger partial charge in [-0.2, -0.15) is 12.6 Å². The lowest BCUT2D eigenvalue weighted by Crippen LogP contribution is -1.88. The maximum absolute atomic E-state index is 13.2. The summed E-state index contributed by atoms with van der Waals surface area (Å²) in [4.78, 5) is 0. The van der Waals surface area contributed by atoms with Gasteiger partial charge in [0.1, 0.15) is 5.82 Å². The van der Waals surface area contributed by atoms with Crippen LogP contribution in [0, 0.1) is 17.7 Å². The molecule has 0 bridgehead atoms. The fourth-order valence-corrected chi connectivity index (χ4v) is 1.08. The molecule has 0 saturated heterocycles. The van der Waals surface area contributed by atoms with Crippen LogP contribution in [0.1, 0.15) is 17.5 Å². The van der Waals surface area contributed by atoms with Gasteiger partial charge in [-0.1, -0.05) is 17.9 Å². The smallest absolute Gasteiger partial charge is 0.139 e. The molecule has 74 valence electrons. The Balaban J connectivity index is 2.85. The molecule has 0 aliphatic heterocycles. The maximum Gasteiger partial charge on any atom is 0.139 e. The van der Waals surface area contributed by atoms with E-state index in [1.807, 2.05) is 0 Å². The molecule has 0 amide bonds. The lowest BCUT2D eigenvalue weighted by atomic mass is 10.1. The fourth-order valence-electron chi connectivity index (χ4n) is 0.972. The number of thiol groups is 1. The van der Waals surface area contributed by atoms with E-state index in [2.05, 4.69) is 24.5 Å². The van der Waals surface area contributed by atoms with Crippen molar-refractivity contribution in [3.63, 3.8) is 0 Å². The van der Waals surface area contributed by atoms with Crippen LogP contribution < -0.4 is 0 Å². The summed E-state index contributed by atoms with van der Waals surface area (Å²) in [5.74, 6) is 5.79. The second-order valence-electron chi connectivity index (χ2n) is 2.75. The first-order valence-corrected chi connectivity index (χ1v) is 4.90. The molecule has 1 aromatic carbocycles. The molecule has 0 saturated carbocycles. The third kappa shape index (κ3) is 3.06. The summed E-state index contributed by atoms with van der Waals surface area (Å²) in [7, 11) is 0. The molecule has 0 atom stereocenters. The molecule has 0 aliphatic carbocycles. The fraction of sp³-hybridized carbons (Fsp3) is 0.273. The summed E-state index contributed by atoms with van der Waals surface area (Å²) in [6.45, 7) is -0.152. The van der Waals surface area contributed by atoms with Gasteiger partial charge < -0.3 is 5.11 Å².